The van der Waals surface area contributed by atoms with Crippen LogP contribution in [-0.2, 0) is 16.5 Å². The maximum Gasteiger partial charge on any atom is 0.534 e. The Balaban J connectivity index is 2.79. The molecule has 0 aliphatic heterocycles. The van der Waals surface area contributed by atoms with E-state index in [2.05, 4.69) is 4.18 Å². The molecule has 0 bridgehead atoms. The van der Waals surface area contributed by atoms with Gasteiger partial charge in [-0.3, -0.25) is 0 Å². The smallest absolute Gasteiger partial charge is 0.376 e. The molecule has 0 spiro atoms. The van der Waals surface area contributed by atoms with Crippen LogP contribution in [0.3, 0.4) is 0 Å². The van der Waals surface area contributed by atoms with Crippen LogP contribution in [0.15, 0.2) is 24.3 Å². The van der Waals surface area contributed by atoms with Crippen molar-refractivity contribution in [3.05, 3.63) is 29.8 Å². The molecule has 0 radical (unpaired) electrons. The van der Waals surface area contributed by atoms with Crippen LogP contribution in [0.25, 0.3) is 0 Å². The summed E-state index contributed by atoms with van der Waals surface area (Å²) in [6.07, 6.45) is 0.698. The van der Waals surface area contributed by atoms with Gasteiger partial charge in [0, 0.05) is 6.42 Å². The second-order valence-corrected chi connectivity index (χ2v) is 4.82. The van der Waals surface area contributed by atoms with E-state index in [-0.39, 0.29) is 6.42 Å². The van der Waals surface area contributed by atoms with Crippen LogP contribution in [0, 0.1) is 11.3 Å². The number of benzene rings is 1. The fourth-order valence-electron chi connectivity index (χ4n) is 1.09. The number of halogens is 3. The number of nitriles is 1. The van der Waals surface area contributed by atoms with E-state index in [0.717, 1.165) is 12.1 Å². The molecule has 0 aliphatic carbocycles. The van der Waals surface area contributed by atoms with Gasteiger partial charge in [0.1, 0.15) is 5.75 Å². The Morgan fingerprint density at radius 3 is 2.22 bits per heavy atom. The molecular formula is C10H8F3NO3S. The van der Waals surface area contributed by atoms with Crippen molar-refractivity contribution in [2.75, 3.05) is 0 Å². The molecule has 0 heterocycles. The van der Waals surface area contributed by atoms with Crippen molar-refractivity contribution < 1.29 is 25.8 Å². The van der Waals surface area contributed by atoms with Crippen LogP contribution in [0.1, 0.15) is 12.0 Å². The number of aryl methyl sites for hydroxylation is 1. The first kappa shape index (κ1) is 14.3. The van der Waals surface area contributed by atoms with Crippen molar-refractivity contribution in [3.8, 4) is 11.8 Å². The third-order valence-electron chi connectivity index (χ3n) is 1.94. The van der Waals surface area contributed by atoms with Crippen molar-refractivity contribution >= 4 is 10.1 Å². The van der Waals surface area contributed by atoms with Crippen molar-refractivity contribution in [3.63, 3.8) is 0 Å². The Morgan fingerprint density at radius 1 is 1.22 bits per heavy atom. The van der Waals surface area contributed by atoms with Crippen LogP contribution < -0.4 is 4.18 Å². The summed E-state index contributed by atoms with van der Waals surface area (Å²) in [5, 5.41) is 8.35. The average molecular weight is 279 g/mol. The number of hydrogen-bond donors (Lipinski definition) is 0. The van der Waals surface area contributed by atoms with Gasteiger partial charge in [0.15, 0.2) is 0 Å². The van der Waals surface area contributed by atoms with Gasteiger partial charge in [-0.1, -0.05) is 12.1 Å². The maximum atomic E-state index is 12.0. The van der Waals surface area contributed by atoms with Gasteiger partial charge in [0.25, 0.3) is 0 Å². The fraction of sp³-hybridized carbons (Fsp3) is 0.300. The number of nitrogens with zero attached hydrogens (tertiary/aromatic N) is 1. The molecule has 0 saturated carbocycles. The van der Waals surface area contributed by atoms with Crippen LogP contribution in [-0.4, -0.2) is 13.9 Å². The number of hydrogen-bond acceptors (Lipinski definition) is 4. The predicted molar refractivity (Wildman–Crippen MR) is 56.0 cm³/mol. The Morgan fingerprint density at radius 2 is 1.78 bits per heavy atom. The van der Waals surface area contributed by atoms with Gasteiger partial charge in [-0.15, -0.1) is 0 Å². The second-order valence-electron chi connectivity index (χ2n) is 3.29. The predicted octanol–water partition coefficient (Wildman–Crippen LogP) is 2.37. The molecule has 0 unspecified atom stereocenters. The fourth-order valence-corrected chi connectivity index (χ4v) is 1.54. The lowest BCUT2D eigenvalue weighted by Crippen LogP contribution is -2.28. The zero-order chi connectivity index (χ0) is 13.8. The van der Waals surface area contributed by atoms with Gasteiger partial charge >= 0.3 is 15.6 Å². The monoisotopic (exact) mass is 279 g/mol. The summed E-state index contributed by atoms with van der Waals surface area (Å²) in [5.41, 5.74) is -4.75. The minimum atomic E-state index is -5.63. The average Bonchev–Trinajstić information content (AvgIpc) is 2.26. The molecule has 0 saturated heterocycles. The van der Waals surface area contributed by atoms with Crippen molar-refractivity contribution in [2.24, 2.45) is 0 Å². The first-order chi connectivity index (χ1) is 8.26. The van der Waals surface area contributed by atoms with Gasteiger partial charge in [-0.2, -0.15) is 26.9 Å². The number of alkyl halides is 3. The van der Waals surface area contributed by atoms with E-state index < -0.39 is 21.4 Å². The Labute approximate surface area is 102 Å². The lowest BCUT2D eigenvalue weighted by Gasteiger charge is -2.09. The van der Waals surface area contributed by atoms with E-state index in [1.165, 1.54) is 12.1 Å². The van der Waals surface area contributed by atoms with Crippen molar-refractivity contribution in [1.29, 1.82) is 5.26 Å². The topological polar surface area (TPSA) is 67.2 Å². The summed E-state index contributed by atoms with van der Waals surface area (Å²) < 4.78 is 61.3. The van der Waals surface area contributed by atoms with Crippen LogP contribution >= 0.6 is 0 Å². The molecule has 1 aromatic carbocycles. The summed E-state index contributed by atoms with van der Waals surface area (Å²) in [7, 11) is -5.63. The quantitative estimate of drug-likeness (QED) is 0.627. The molecule has 0 aromatic heterocycles. The van der Waals surface area contributed by atoms with Crippen LogP contribution in [0.5, 0.6) is 5.75 Å². The summed E-state index contributed by atoms with van der Waals surface area (Å²) in [5.74, 6) is -0.423. The maximum absolute atomic E-state index is 12.0. The zero-order valence-electron chi connectivity index (χ0n) is 8.94. The molecule has 18 heavy (non-hydrogen) atoms. The van der Waals surface area contributed by atoms with Gasteiger partial charge in [-0.05, 0) is 24.1 Å². The van der Waals surface area contributed by atoms with Crippen LogP contribution in [0.2, 0.25) is 0 Å². The lowest BCUT2D eigenvalue weighted by atomic mass is 10.1. The molecule has 0 aliphatic rings. The molecular weight excluding hydrogens is 271 g/mol. The van der Waals surface area contributed by atoms with Crippen LogP contribution in [0.4, 0.5) is 13.2 Å². The van der Waals surface area contributed by atoms with Crippen molar-refractivity contribution in [1.82, 2.24) is 0 Å². The molecule has 0 atom stereocenters. The molecule has 0 N–H and O–H groups in total. The summed E-state index contributed by atoms with van der Waals surface area (Å²) in [4.78, 5) is 0. The molecule has 4 nitrogen and oxygen atoms in total. The number of rotatable bonds is 4. The third-order valence-corrected chi connectivity index (χ3v) is 2.92. The van der Waals surface area contributed by atoms with E-state index in [0.29, 0.717) is 12.0 Å². The standard InChI is InChI=1S/C10H8F3NO3S/c11-10(12,13)18(15,16)17-9-5-3-8(4-6-9)2-1-7-14/h3-6H,1-2H2. The lowest BCUT2D eigenvalue weighted by molar-refractivity contribution is -0.0500. The molecule has 0 amide bonds. The van der Waals surface area contributed by atoms with E-state index in [9.17, 15) is 21.6 Å². The highest BCUT2D eigenvalue weighted by Crippen LogP contribution is 2.27. The van der Waals surface area contributed by atoms with E-state index in [1.54, 1.807) is 0 Å². The van der Waals surface area contributed by atoms with Gasteiger partial charge in [-0.25, -0.2) is 0 Å². The van der Waals surface area contributed by atoms with Gasteiger partial charge in [0.05, 0.1) is 6.07 Å². The third kappa shape index (κ3) is 3.63. The highest BCUT2D eigenvalue weighted by molar-refractivity contribution is 7.87. The molecule has 0 fully saturated rings. The Kier molecular flexibility index (Phi) is 4.19. The zero-order valence-corrected chi connectivity index (χ0v) is 9.75. The van der Waals surface area contributed by atoms with Crippen molar-refractivity contribution in [2.45, 2.75) is 18.3 Å². The molecule has 8 heteroatoms. The first-order valence-electron chi connectivity index (χ1n) is 4.73. The SMILES string of the molecule is N#CCCc1ccc(OS(=O)(=O)C(F)(F)F)cc1. The highest BCUT2D eigenvalue weighted by Gasteiger charge is 2.48. The summed E-state index contributed by atoms with van der Waals surface area (Å²) in [6.45, 7) is 0. The minimum absolute atomic E-state index is 0.265. The van der Waals surface area contributed by atoms with E-state index in [4.69, 9.17) is 5.26 Å². The minimum Gasteiger partial charge on any atom is -0.376 e. The molecule has 1 rings (SSSR count). The largest absolute Gasteiger partial charge is 0.534 e. The van der Waals surface area contributed by atoms with E-state index in [1.807, 2.05) is 6.07 Å². The summed E-state index contributed by atoms with van der Waals surface area (Å²) >= 11 is 0. The Bertz CT molecular complexity index is 543. The van der Waals surface area contributed by atoms with Gasteiger partial charge in [0.2, 0.25) is 0 Å². The van der Waals surface area contributed by atoms with E-state index >= 15 is 0 Å². The molecule has 1 aromatic rings. The first-order valence-corrected chi connectivity index (χ1v) is 6.14. The highest BCUT2D eigenvalue weighted by atomic mass is 32.2. The second kappa shape index (κ2) is 5.27. The summed E-state index contributed by atoms with van der Waals surface area (Å²) in [6, 6.07) is 6.93. The molecule has 98 valence electrons. The van der Waals surface area contributed by atoms with Gasteiger partial charge < -0.3 is 4.18 Å². The normalized spacial score (nSPS) is 11.9. The Hall–Kier alpha value is -1.75.